The first-order chi connectivity index (χ1) is 10.2. The Bertz CT molecular complexity index is 673. The van der Waals surface area contributed by atoms with Gasteiger partial charge in [-0.3, -0.25) is 4.79 Å². The summed E-state index contributed by atoms with van der Waals surface area (Å²) >= 11 is 5.92. The normalized spacial score (nSPS) is 13.7. The van der Waals surface area contributed by atoms with E-state index in [1.807, 2.05) is 6.07 Å². The number of hydrogen-bond acceptors (Lipinski definition) is 4. The van der Waals surface area contributed by atoms with E-state index < -0.39 is 0 Å². The van der Waals surface area contributed by atoms with Gasteiger partial charge in [-0.25, -0.2) is 9.97 Å². The predicted molar refractivity (Wildman–Crippen MR) is 78.5 cm³/mol. The Morgan fingerprint density at radius 3 is 2.86 bits per heavy atom. The molecule has 0 spiro atoms. The Kier molecular flexibility index (Phi) is 3.75. The Labute approximate surface area is 127 Å². The monoisotopic (exact) mass is 303 g/mol. The lowest BCUT2D eigenvalue weighted by Gasteiger charge is -2.28. The fourth-order valence-corrected chi connectivity index (χ4v) is 2.57. The van der Waals surface area contributed by atoms with Crippen LogP contribution in [0.1, 0.15) is 21.5 Å². The maximum Gasteiger partial charge on any atom is 0.255 e. The number of hydrogen-bond donors (Lipinski definition) is 0. The quantitative estimate of drug-likeness (QED) is 0.799. The minimum Gasteiger partial charge on any atom is -0.481 e. The van der Waals surface area contributed by atoms with Crippen LogP contribution in [0.3, 0.4) is 0 Å². The van der Waals surface area contributed by atoms with Gasteiger partial charge in [0.1, 0.15) is 5.15 Å². The van der Waals surface area contributed by atoms with Crippen molar-refractivity contribution in [2.75, 3.05) is 13.7 Å². The van der Waals surface area contributed by atoms with E-state index in [4.69, 9.17) is 16.3 Å². The smallest absolute Gasteiger partial charge is 0.255 e. The van der Waals surface area contributed by atoms with Gasteiger partial charge >= 0.3 is 0 Å². The third-order valence-electron chi connectivity index (χ3n) is 3.54. The van der Waals surface area contributed by atoms with Gasteiger partial charge in [-0.05, 0) is 29.7 Å². The molecule has 0 saturated heterocycles. The molecule has 0 unspecified atom stereocenters. The van der Waals surface area contributed by atoms with E-state index in [-0.39, 0.29) is 5.91 Å². The lowest BCUT2D eigenvalue weighted by Crippen LogP contribution is -2.36. The number of amides is 1. The molecule has 2 aromatic rings. The summed E-state index contributed by atoms with van der Waals surface area (Å²) in [7, 11) is 1.54. The zero-order valence-electron chi connectivity index (χ0n) is 11.5. The zero-order valence-corrected chi connectivity index (χ0v) is 12.3. The summed E-state index contributed by atoms with van der Waals surface area (Å²) in [6, 6.07) is 5.23. The van der Waals surface area contributed by atoms with Crippen molar-refractivity contribution in [3.05, 3.63) is 52.4 Å². The number of fused-ring (bicyclic) bond motifs is 1. The number of aromatic nitrogens is 2. The maximum absolute atomic E-state index is 12.5. The standard InChI is InChI=1S/C15H14ClN3O2/c1-21-14-3-2-11(8-18-14)15(20)19-5-4-10-7-17-13(16)6-12(10)9-19/h2-3,6-8H,4-5,9H2,1H3. The molecule has 21 heavy (non-hydrogen) atoms. The Balaban J connectivity index is 1.79. The van der Waals surface area contributed by atoms with E-state index in [1.54, 1.807) is 30.3 Å². The van der Waals surface area contributed by atoms with E-state index in [0.29, 0.717) is 29.7 Å². The van der Waals surface area contributed by atoms with Crippen LogP contribution in [0, 0.1) is 0 Å². The van der Waals surface area contributed by atoms with Gasteiger partial charge < -0.3 is 9.64 Å². The van der Waals surface area contributed by atoms with E-state index in [1.165, 1.54) is 6.20 Å². The molecule has 1 aliphatic heterocycles. The van der Waals surface area contributed by atoms with E-state index in [0.717, 1.165) is 17.5 Å². The number of ether oxygens (including phenoxy) is 1. The largest absolute Gasteiger partial charge is 0.481 e. The van der Waals surface area contributed by atoms with Crippen molar-refractivity contribution in [1.82, 2.24) is 14.9 Å². The minimum atomic E-state index is -0.0382. The van der Waals surface area contributed by atoms with Gasteiger partial charge in [-0.1, -0.05) is 11.6 Å². The fraction of sp³-hybridized carbons (Fsp3) is 0.267. The summed E-state index contributed by atoms with van der Waals surface area (Å²) in [6.07, 6.45) is 4.11. The Morgan fingerprint density at radius 2 is 2.14 bits per heavy atom. The van der Waals surface area contributed by atoms with Gasteiger partial charge in [0.2, 0.25) is 5.88 Å². The molecule has 3 heterocycles. The van der Waals surface area contributed by atoms with Crippen LogP contribution in [-0.2, 0) is 13.0 Å². The third-order valence-corrected chi connectivity index (χ3v) is 3.75. The highest BCUT2D eigenvalue weighted by Crippen LogP contribution is 2.22. The molecule has 1 amide bonds. The Morgan fingerprint density at radius 1 is 1.29 bits per heavy atom. The number of methoxy groups -OCH3 is 1. The number of halogens is 1. The van der Waals surface area contributed by atoms with Crippen molar-refractivity contribution in [2.24, 2.45) is 0 Å². The van der Waals surface area contributed by atoms with E-state index in [2.05, 4.69) is 9.97 Å². The molecule has 0 atom stereocenters. The van der Waals surface area contributed by atoms with Crippen molar-refractivity contribution < 1.29 is 9.53 Å². The van der Waals surface area contributed by atoms with Crippen molar-refractivity contribution in [3.8, 4) is 5.88 Å². The molecule has 3 rings (SSSR count). The number of carbonyl (C=O) groups excluding carboxylic acids is 1. The van der Waals surface area contributed by atoms with Crippen molar-refractivity contribution in [3.63, 3.8) is 0 Å². The zero-order chi connectivity index (χ0) is 14.8. The van der Waals surface area contributed by atoms with Gasteiger partial charge in [0.25, 0.3) is 5.91 Å². The van der Waals surface area contributed by atoms with Crippen LogP contribution in [0.5, 0.6) is 5.88 Å². The lowest BCUT2D eigenvalue weighted by atomic mass is 10.0. The topological polar surface area (TPSA) is 55.3 Å². The molecule has 0 aromatic carbocycles. The van der Waals surface area contributed by atoms with Crippen molar-refractivity contribution in [2.45, 2.75) is 13.0 Å². The fourth-order valence-electron chi connectivity index (χ4n) is 2.39. The number of pyridine rings is 2. The third kappa shape index (κ3) is 2.83. The number of carbonyl (C=O) groups is 1. The molecule has 0 radical (unpaired) electrons. The van der Waals surface area contributed by atoms with Crippen LogP contribution in [0.4, 0.5) is 0 Å². The van der Waals surface area contributed by atoms with E-state index in [9.17, 15) is 4.79 Å². The second kappa shape index (κ2) is 5.69. The minimum absolute atomic E-state index is 0.0382. The maximum atomic E-state index is 12.5. The van der Waals surface area contributed by atoms with Gasteiger partial charge in [0, 0.05) is 31.5 Å². The van der Waals surface area contributed by atoms with Crippen LogP contribution in [0.25, 0.3) is 0 Å². The summed E-state index contributed by atoms with van der Waals surface area (Å²) in [5, 5.41) is 0.453. The molecule has 5 nitrogen and oxygen atoms in total. The summed E-state index contributed by atoms with van der Waals surface area (Å²) in [5.74, 6) is 0.456. The van der Waals surface area contributed by atoms with Crippen LogP contribution in [-0.4, -0.2) is 34.4 Å². The number of nitrogens with zero attached hydrogens (tertiary/aromatic N) is 3. The molecule has 0 saturated carbocycles. The summed E-state index contributed by atoms with van der Waals surface area (Å²) in [6.45, 7) is 1.21. The first-order valence-electron chi connectivity index (χ1n) is 6.60. The molecule has 1 aliphatic rings. The highest BCUT2D eigenvalue weighted by atomic mass is 35.5. The van der Waals surface area contributed by atoms with Crippen LogP contribution < -0.4 is 4.74 Å². The second-order valence-corrected chi connectivity index (χ2v) is 5.23. The molecule has 6 heteroatoms. The average Bonchev–Trinajstić information content (AvgIpc) is 2.53. The van der Waals surface area contributed by atoms with Gasteiger partial charge in [0.05, 0.1) is 12.7 Å². The van der Waals surface area contributed by atoms with Crippen LogP contribution in [0.15, 0.2) is 30.6 Å². The molecular weight excluding hydrogens is 290 g/mol. The summed E-state index contributed by atoms with van der Waals surface area (Å²) in [5.41, 5.74) is 2.76. The van der Waals surface area contributed by atoms with Crippen molar-refractivity contribution in [1.29, 1.82) is 0 Å². The lowest BCUT2D eigenvalue weighted by molar-refractivity contribution is 0.0734. The summed E-state index contributed by atoms with van der Waals surface area (Å²) < 4.78 is 5.00. The molecule has 0 fully saturated rings. The van der Waals surface area contributed by atoms with Crippen molar-refractivity contribution >= 4 is 17.5 Å². The second-order valence-electron chi connectivity index (χ2n) is 4.84. The summed E-state index contributed by atoms with van der Waals surface area (Å²) in [4.78, 5) is 22.4. The van der Waals surface area contributed by atoms with Gasteiger partial charge in [0.15, 0.2) is 0 Å². The molecule has 0 N–H and O–H groups in total. The average molecular weight is 304 g/mol. The molecule has 0 bridgehead atoms. The SMILES string of the molecule is COc1ccc(C(=O)N2CCc3cnc(Cl)cc3C2)cn1. The highest BCUT2D eigenvalue weighted by Gasteiger charge is 2.22. The van der Waals surface area contributed by atoms with Crippen LogP contribution >= 0.6 is 11.6 Å². The van der Waals surface area contributed by atoms with Gasteiger partial charge in [-0.2, -0.15) is 0 Å². The Hall–Kier alpha value is -2.14. The van der Waals surface area contributed by atoms with Crippen LogP contribution in [0.2, 0.25) is 5.15 Å². The van der Waals surface area contributed by atoms with Gasteiger partial charge in [-0.15, -0.1) is 0 Å². The first kappa shape index (κ1) is 13.8. The molecule has 0 aliphatic carbocycles. The molecule has 108 valence electrons. The molecule has 2 aromatic heterocycles. The number of rotatable bonds is 2. The first-order valence-corrected chi connectivity index (χ1v) is 6.98. The van der Waals surface area contributed by atoms with E-state index >= 15 is 0 Å². The highest BCUT2D eigenvalue weighted by molar-refractivity contribution is 6.29. The predicted octanol–water partition coefficient (Wildman–Crippen LogP) is 2.34. The molecular formula is C15H14ClN3O2.